The highest BCUT2D eigenvalue weighted by Crippen LogP contribution is 2.21. The molecule has 0 aromatic heterocycles. The van der Waals surface area contributed by atoms with E-state index in [4.69, 9.17) is 4.74 Å². The van der Waals surface area contributed by atoms with Crippen LogP contribution in [0, 0.1) is 0 Å². The predicted molar refractivity (Wildman–Crippen MR) is 105 cm³/mol. The van der Waals surface area contributed by atoms with E-state index in [1.165, 1.54) is 16.7 Å². The van der Waals surface area contributed by atoms with Crippen LogP contribution in [0.5, 0.6) is 0 Å². The fourth-order valence-electron chi connectivity index (χ4n) is 2.28. The first-order valence-corrected chi connectivity index (χ1v) is 8.96. The van der Waals surface area contributed by atoms with Crippen LogP contribution >= 0.6 is 0 Å². The Morgan fingerprint density at radius 2 is 1.46 bits per heavy atom. The highest BCUT2D eigenvalue weighted by atomic mass is 16.6. The van der Waals surface area contributed by atoms with Crippen molar-refractivity contribution in [3.05, 3.63) is 47.6 Å². The van der Waals surface area contributed by atoms with Gasteiger partial charge < -0.3 is 4.74 Å². The normalized spacial score (nSPS) is 13.7. The predicted octanol–water partition coefficient (Wildman–Crippen LogP) is 6.69. The van der Waals surface area contributed by atoms with E-state index < -0.39 is 5.60 Å². The molecule has 0 saturated carbocycles. The van der Waals surface area contributed by atoms with Gasteiger partial charge in [0.15, 0.2) is 0 Å². The van der Waals surface area contributed by atoms with Gasteiger partial charge in [-0.25, -0.2) is 0 Å². The molecule has 0 N–H and O–H groups in total. The molecule has 0 amide bonds. The second kappa shape index (κ2) is 11.9. The second-order valence-corrected chi connectivity index (χ2v) is 7.22. The molecule has 0 aliphatic rings. The van der Waals surface area contributed by atoms with Crippen molar-refractivity contribution < 1.29 is 9.53 Å². The van der Waals surface area contributed by atoms with Gasteiger partial charge in [0.25, 0.3) is 0 Å². The van der Waals surface area contributed by atoms with Crippen molar-refractivity contribution in [1.29, 1.82) is 0 Å². The van der Waals surface area contributed by atoms with Gasteiger partial charge in [0.2, 0.25) is 0 Å². The number of rotatable bonds is 11. The third kappa shape index (κ3) is 11.9. The van der Waals surface area contributed by atoms with Crippen LogP contribution in [0.2, 0.25) is 0 Å². The molecular formula is C22H36O2. The Labute approximate surface area is 149 Å². The van der Waals surface area contributed by atoms with Crippen molar-refractivity contribution >= 4 is 5.97 Å². The number of allylic oxidation sites excluding steroid dienone is 6. The fourth-order valence-corrected chi connectivity index (χ4v) is 2.28. The Kier molecular flexibility index (Phi) is 11.1. The average Bonchev–Trinajstić information content (AvgIpc) is 2.46. The third-order valence-corrected chi connectivity index (χ3v) is 3.90. The van der Waals surface area contributed by atoms with Crippen molar-refractivity contribution in [2.24, 2.45) is 0 Å². The maximum absolute atomic E-state index is 12.1. The van der Waals surface area contributed by atoms with E-state index in [2.05, 4.69) is 59.4 Å². The summed E-state index contributed by atoms with van der Waals surface area (Å²) in [5.41, 5.74) is 3.38. The summed E-state index contributed by atoms with van der Waals surface area (Å²) in [7, 11) is 0. The summed E-state index contributed by atoms with van der Waals surface area (Å²) in [6.45, 7) is 16.2. The molecule has 1 unspecified atom stereocenters. The smallest absolute Gasteiger partial charge is 0.306 e. The number of carbonyl (C=O) groups is 1. The molecule has 0 aliphatic carbocycles. The summed E-state index contributed by atoms with van der Waals surface area (Å²) in [4.78, 5) is 12.1. The first-order chi connectivity index (χ1) is 11.2. The monoisotopic (exact) mass is 332 g/mol. The zero-order valence-electron chi connectivity index (χ0n) is 16.6. The average molecular weight is 333 g/mol. The number of carbonyl (C=O) groups excluding carboxylic acids is 1. The highest BCUT2D eigenvalue weighted by molar-refractivity contribution is 5.70. The van der Waals surface area contributed by atoms with E-state index in [0.717, 1.165) is 32.1 Å². The van der Waals surface area contributed by atoms with Gasteiger partial charge in [-0.3, -0.25) is 4.79 Å². The van der Waals surface area contributed by atoms with Gasteiger partial charge in [0.1, 0.15) is 5.60 Å². The Morgan fingerprint density at radius 1 is 0.917 bits per heavy atom. The molecule has 0 saturated heterocycles. The number of hydrogen-bond acceptors (Lipinski definition) is 2. The van der Waals surface area contributed by atoms with Gasteiger partial charge in [-0.05, 0) is 79.7 Å². The van der Waals surface area contributed by atoms with Gasteiger partial charge in [-0.2, -0.15) is 0 Å². The maximum atomic E-state index is 12.1. The minimum Gasteiger partial charge on any atom is -0.455 e. The van der Waals surface area contributed by atoms with E-state index in [1.807, 2.05) is 6.92 Å². The molecule has 2 heteroatoms. The zero-order valence-corrected chi connectivity index (χ0v) is 16.6. The summed E-state index contributed by atoms with van der Waals surface area (Å²) in [6.07, 6.45) is 13.2. The van der Waals surface area contributed by atoms with Gasteiger partial charge in [0.05, 0.1) is 0 Å². The zero-order chi connectivity index (χ0) is 18.6. The van der Waals surface area contributed by atoms with Crippen molar-refractivity contribution in [3.63, 3.8) is 0 Å². The van der Waals surface area contributed by atoms with Crippen molar-refractivity contribution in [2.45, 2.75) is 85.7 Å². The van der Waals surface area contributed by atoms with Crippen molar-refractivity contribution in [1.82, 2.24) is 0 Å². The largest absolute Gasteiger partial charge is 0.455 e. The third-order valence-electron chi connectivity index (χ3n) is 3.90. The maximum Gasteiger partial charge on any atom is 0.306 e. The lowest BCUT2D eigenvalue weighted by atomic mass is 9.99. The molecule has 2 nitrogen and oxygen atoms in total. The molecule has 0 rings (SSSR count). The summed E-state index contributed by atoms with van der Waals surface area (Å²) < 4.78 is 5.64. The van der Waals surface area contributed by atoms with Crippen LogP contribution in [0.1, 0.15) is 80.1 Å². The molecule has 0 aromatic carbocycles. The lowest BCUT2D eigenvalue weighted by Gasteiger charge is -2.25. The Morgan fingerprint density at radius 3 is 2.00 bits per heavy atom. The summed E-state index contributed by atoms with van der Waals surface area (Å²) >= 11 is 0. The fraction of sp³-hybridized carbons (Fsp3) is 0.591. The van der Waals surface area contributed by atoms with Crippen LogP contribution < -0.4 is 0 Å². The highest BCUT2D eigenvalue weighted by Gasteiger charge is 2.23. The van der Waals surface area contributed by atoms with E-state index >= 15 is 0 Å². The number of hydrogen-bond donors (Lipinski definition) is 0. The minimum absolute atomic E-state index is 0.150. The lowest BCUT2D eigenvalue weighted by molar-refractivity contribution is -0.154. The van der Waals surface area contributed by atoms with Crippen LogP contribution in [-0.2, 0) is 9.53 Å². The topological polar surface area (TPSA) is 26.3 Å². The van der Waals surface area contributed by atoms with Crippen LogP contribution in [0.25, 0.3) is 0 Å². The standard InChI is InChI=1S/C22H36O2/c1-8-22(7,17-11-13-19(4)5)24-21(23)16-10-15-20(6)14-9-12-18(2)3/h8,12-13,15H,1,9-11,14,16-17H2,2-7H3/b20-15+. The van der Waals surface area contributed by atoms with Crippen LogP contribution in [0.3, 0.4) is 0 Å². The van der Waals surface area contributed by atoms with E-state index in [1.54, 1.807) is 6.08 Å². The SMILES string of the molecule is C=CC(C)(CCC=C(C)C)OC(=O)CC/C=C(\C)CCC=C(C)C. The van der Waals surface area contributed by atoms with Crippen molar-refractivity contribution in [2.75, 3.05) is 0 Å². The molecule has 0 fully saturated rings. The minimum atomic E-state index is -0.578. The Balaban J connectivity index is 4.28. The molecule has 136 valence electrons. The molecule has 0 heterocycles. The van der Waals surface area contributed by atoms with Gasteiger partial charge in [-0.1, -0.05) is 41.5 Å². The molecule has 0 aliphatic heterocycles. The Bertz CT molecular complexity index is 486. The molecule has 0 aromatic rings. The molecule has 0 bridgehead atoms. The van der Waals surface area contributed by atoms with Crippen LogP contribution in [0.4, 0.5) is 0 Å². The second-order valence-electron chi connectivity index (χ2n) is 7.22. The summed E-state index contributed by atoms with van der Waals surface area (Å²) in [5.74, 6) is -0.150. The first kappa shape index (κ1) is 22.4. The van der Waals surface area contributed by atoms with Gasteiger partial charge in [-0.15, -0.1) is 0 Å². The van der Waals surface area contributed by atoms with E-state index in [0.29, 0.717) is 6.42 Å². The molecule has 0 radical (unpaired) electrons. The molecule has 24 heavy (non-hydrogen) atoms. The van der Waals surface area contributed by atoms with E-state index in [9.17, 15) is 4.79 Å². The first-order valence-electron chi connectivity index (χ1n) is 8.96. The van der Waals surface area contributed by atoms with Crippen molar-refractivity contribution in [3.8, 4) is 0 Å². The van der Waals surface area contributed by atoms with E-state index in [-0.39, 0.29) is 5.97 Å². The summed E-state index contributed by atoms with van der Waals surface area (Å²) in [6, 6.07) is 0. The van der Waals surface area contributed by atoms with Crippen LogP contribution in [-0.4, -0.2) is 11.6 Å². The van der Waals surface area contributed by atoms with Crippen LogP contribution in [0.15, 0.2) is 47.6 Å². The molecular weight excluding hydrogens is 296 g/mol. The number of esters is 1. The molecule has 0 spiro atoms. The molecule has 1 atom stereocenters. The quantitative estimate of drug-likeness (QED) is 0.311. The lowest BCUT2D eigenvalue weighted by Crippen LogP contribution is -2.29. The Hall–Kier alpha value is -1.57. The van der Waals surface area contributed by atoms with Gasteiger partial charge in [0, 0.05) is 6.42 Å². The number of ether oxygens (including phenoxy) is 1. The summed E-state index contributed by atoms with van der Waals surface area (Å²) in [5, 5.41) is 0. The van der Waals surface area contributed by atoms with Gasteiger partial charge >= 0.3 is 5.97 Å².